The molecule has 0 fully saturated rings. The summed E-state index contributed by atoms with van der Waals surface area (Å²) in [5.41, 5.74) is 2.21. The van der Waals surface area contributed by atoms with Crippen molar-refractivity contribution >= 4 is 23.2 Å². The van der Waals surface area contributed by atoms with E-state index in [-0.39, 0.29) is 5.91 Å². The fourth-order valence-corrected chi connectivity index (χ4v) is 1.77. The van der Waals surface area contributed by atoms with Crippen molar-refractivity contribution in [2.24, 2.45) is 0 Å². The van der Waals surface area contributed by atoms with Crippen LogP contribution in [0.5, 0.6) is 0 Å². The summed E-state index contributed by atoms with van der Waals surface area (Å²) in [5, 5.41) is 6.89. The minimum atomic E-state index is -0.155. The van der Waals surface area contributed by atoms with Gasteiger partial charge in [0.25, 0.3) is 5.91 Å². The molecule has 0 unspecified atom stereocenters. The van der Waals surface area contributed by atoms with Gasteiger partial charge in [-0.05, 0) is 24.6 Å². The van der Waals surface area contributed by atoms with Crippen LogP contribution in [0.25, 0.3) is 0 Å². The standard InChI is InChI=1S/C13H14ClN3O/c1-2-17-9-12(8-15-17)16-13(18)11-5-3-4-10(6-11)7-14/h3-6,8-9H,2,7H2,1H3,(H,16,18). The average Bonchev–Trinajstić information content (AvgIpc) is 2.86. The van der Waals surface area contributed by atoms with Crippen LogP contribution >= 0.6 is 11.6 Å². The molecule has 1 aromatic heterocycles. The van der Waals surface area contributed by atoms with Crippen LogP contribution < -0.4 is 5.32 Å². The molecule has 4 nitrogen and oxygen atoms in total. The van der Waals surface area contributed by atoms with Crippen molar-refractivity contribution < 1.29 is 4.79 Å². The smallest absolute Gasteiger partial charge is 0.255 e. The lowest BCUT2D eigenvalue weighted by atomic mass is 10.1. The summed E-state index contributed by atoms with van der Waals surface area (Å²) in [5.74, 6) is 0.243. The van der Waals surface area contributed by atoms with E-state index in [2.05, 4.69) is 10.4 Å². The molecule has 1 heterocycles. The summed E-state index contributed by atoms with van der Waals surface area (Å²) in [6.45, 7) is 2.76. The number of rotatable bonds is 4. The molecule has 0 spiro atoms. The normalized spacial score (nSPS) is 10.3. The Morgan fingerprint density at radius 1 is 1.50 bits per heavy atom. The van der Waals surface area contributed by atoms with Gasteiger partial charge in [0.2, 0.25) is 0 Å². The SMILES string of the molecule is CCn1cc(NC(=O)c2cccc(CCl)c2)cn1. The van der Waals surface area contributed by atoms with Crippen LogP contribution in [0, 0.1) is 0 Å². The van der Waals surface area contributed by atoms with Gasteiger partial charge in [-0.25, -0.2) is 0 Å². The number of benzene rings is 1. The lowest BCUT2D eigenvalue weighted by Gasteiger charge is -2.03. The zero-order chi connectivity index (χ0) is 13.0. The predicted octanol–water partition coefficient (Wildman–Crippen LogP) is 2.89. The summed E-state index contributed by atoms with van der Waals surface area (Å²) in [6.07, 6.45) is 3.43. The number of amides is 1. The van der Waals surface area contributed by atoms with E-state index in [0.29, 0.717) is 17.1 Å². The summed E-state index contributed by atoms with van der Waals surface area (Å²) in [6, 6.07) is 7.25. The van der Waals surface area contributed by atoms with Gasteiger partial charge in [-0.2, -0.15) is 5.10 Å². The topological polar surface area (TPSA) is 46.9 Å². The third kappa shape index (κ3) is 2.90. The van der Waals surface area contributed by atoms with Crippen molar-refractivity contribution in [3.63, 3.8) is 0 Å². The number of alkyl halides is 1. The highest BCUT2D eigenvalue weighted by molar-refractivity contribution is 6.17. The van der Waals surface area contributed by atoms with Gasteiger partial charge >= 0.3 is 0 Å². The molecule has 0 saturated heterocycles. The molecule has 0 aliphatic rings. The summed E-state index contributed by atoms with van der Waals surface area (Å²) in [4.78, 5) is 12.0. The fraction of sp³-hybridized carbons (Fsp3) is 0.231. The predicted molar refractivity (Wildman–Crippen MR) is 71.9 cm³/mol. The van der Waals surface area contributed by atoms with Crippen molar-refractivity contribution in [2.75, 3.05) is 5.32 Å². The Morgan fingerprint density at radius 2 is 2.33 bits per heavy atom. The van der Waals surface area contributed by atoms with Crippen LogP contribution in [0.2, 0.25) is 0 Å². The van der Waals surface area contributed by atoms with Crippen molar-refractivity contribution in [3.05, 3.63) is 47.8 Å². The second kappa shape index (κ2) is 5.69. The minimum Gasteiger partial charge on any atom is -0.319 e. The first-order valence-corrected chi connectivity index (χ1v) is 6.25. The molecule has 2 rings (SSSR count). The van der Waals surface area contributed by atoms with Gasteiger partial charge in [-0.3, -0.25) is 9.48 Å². The Bertz CT molecular complexity index is 551. The van der Waals surface area contributed by atoms with Gasteiger partial charge in [0, 0.05) is 24.2 Å². The van der Waals surface area contributed by atoms with Gasteiger partial charge in [-0.15, -0.1) is 11.6 Å². The molecule has 1 N–H and O–H groups in total. The number of hydrogen-bond acceptors (Lipinski definition) is 2. The lowest BCUT2D eigenvalue weighted by molar-refractivity contribution is 0.102. The minimum absolute atomic E-state index is 0.155. The number of nitrogens with zero attached hydrogens (tertiary/aromatic N) is 2. The molecule has 0 bridgehead atoms. The molecule has 0 atom stereocenters. The van der Waals surface area contributed by atoms with E-state index in [0.717, 1.165) is 12.1 Å². The highest BCUT2D eigenvalue weighted by Gasteiger charge is 2.07. The number of aryl methyl sites for hydroxylation is 1. The molecule has 5 heteroatoms. The molecule has 0 aliphatic carbocycles. The Balaban J connectivity index is 2.11. The Morgan fingerprint density at radius 3 is 3.00 bits per heavy atom. The average molecular weight is 264 g/mol. The van der Waals surface area contributed by atoms with Gasteiger partial charge < -0.3 is 5.32 Å². The maximum atomic E-state index is 12.0. The van der Waals surface area contributed by atoms with E-state index in [1.54, 1.807) is 29.2 Å². The van der Waals surface area contributed by atoms with Crippen molar-refractivity contribution in [1.29, 1.82) is 0 Å². The van der Waals surface area contributed by atoms with Gasteiger partial charge in [0.05, 0.1) is 11.9 Å². The molecular formula is C13H14ClN3O. The molecule has 1 amide bonds. The van der Waals surface area contributed by atoms with Crippen molar-refractivity contribution in [1.82, 2.24) is 9.78 Å². The number of aromatic nitrogens is 2. The Labute approximate surface area is 111 Å². The van der Waals surface area contributed by atoms with E-state index < -0.39 is 0 Å². The van der Waals surface area contributed by atoms with E-state index in [9.17, 15) is 4.79 Å². The van der Waals surface area contributed by atoms with Crippen LogP contribution in [-0.2, 0) is 12.4 Å². The van der Waals surface area contributed by atoms with E-state index in [1.165, 1.54) is 0 Å². The Hall–Kier alpha value is -1.81. The maximum Gasteiger partial charge on any atom is 0.255 e. The Kier molecular flexibility index (Phi) is 3.99. The first-order valence-electron chi connectivity index (χ1n) is 5.71. The van der Waals surface area contributed by atoms with Crippen molar-refractivity contribution in [2.45, 2.75) is 19.3 Å². The quantitative estimate of drug-likeness (QED) is 0.862. The monoisotopic (exact) mass is 263 g/mol. The van der Waals surface area contributed by atoms with Crippen molar-refractivity contribution in [3.8, 4) is 0 Å². The molecule has 0 aliphatic heterocycles. The number of halogens is 1. The number of carbonyl (C=O) groups excluding carboxylic acids is 1. The highest BCUT2D eigenvalue weighted by Crippen LogP contribution is 2.11. The third-order valence-electron chi connectivity index (χ3n) is 2.56. The second-order valence-corrected chi connectivity index (χ2v) is 4.14. The first-order chi connectivity index (χ1) is 8.72. The molecule has 0 saturated carbocycles. The van der Waals surface area contributed by atoms with Crippen LogP contribution in [0.1, 0.15) is 22.8 Å². The highest BCUT2D eigenvalue weighted by atomic mass is 35.5. The molecule has 0 radical (unpaired) electrons. The molecule has 18 heavy (non-hydrogen) atoms. The maximum absolute atomic E-state index is 12.0. The van der Waals surface area contributed by atoms with Gasteiger partial charge in [0.1, 0.15) is 0 Å². The first kappa shape index (κ1) is 12.6. The number of nitrogens with one attached hydrogen (secondary N) is 1. The number of anilines is 1. The van der Waals surface area contributed by atoms with Crippen LogP contribution in [0.4, 0.5) is 5.69 Å². The largest absolute Gasteiger partial charge is 0.319 e. The lowest BCUT2D eigenvalue weighted by Crippen LogP contribution is -2.11. The number of carbonyl (C=O) groups is 1. The molecule has 94 valence electrons. The summed E-state index contributed by atoms with van der Waals surface area (Å²) < 4.78 is 1.75. The molecule has 2 aromatic rings. The molecular weight excluding hydrogens is 250 g/mol. The van der Waals surface area contributed by atoms with E-state index >= 15 is 0 Å². The zero-order valence-corrected chi connectivity index (χ0v) is 10.8. The van der Waals surface area contributed by atoms with Gasteiger partial charge in [-0.1, -0.05) is 12.1 Å². The van der Waals surface area contributed by atoms with Gasteiger partial charge in [0.15, 0.2) is 0 Å². The van der Waals surface area contributed by atoms with E-state index in [4.69, 9.17) is 11.6 Å². The summed E-state index contributed by atoms with van der Waals surface area (Å²) >= 11 is 5.74. The second-order valence-electron chi connectivity index (χ2n) is 3.87. The van der Waals surface area contributed by atoms with Crippen LogP contribution in [0.3, 0.4) is 0 Å². The molecule has 1 aromatic carbocycles. The summed E-state index contributed by atoms with van der Waals surface area (Å²) in [7, 11) is 0. The van der Waals surface area contributed by atoms with Crippen LogP contribution in [0.15, 0.2) is 36.7 Å². The third-order valence-corrected chi connectivity index (χ3v) is 2.87. The zero-order valence-electron chi connectivity index (χ0n) is 10.1. The van der Waals surface area contributed by atoms with Crippen LogP contribution in [-0.4, -0.2) is 15.7 Å². The number of hydrogen-bond donors (Lipinski definition) is 1. The fourth-order valence-electron chi connectivity index (χ4n) is 1.60. The van der Waals surface area contributed by atoms with E-state index in [1.807, 2.05) is 19.1 Å².